The van der Waals surface area contributed by atoms with Gasteiger partial charge in [0.2, 0.25) is 0 Å². The van der Waals surface area contributed by atoms with Gasteiger partial charge in [-0.3, -0.25) is 0 Å². The highest BCUT2D eigenvalue weighted by molar-refractivity contribution is 5.68. The van der Waals surface area contributed by atoms with Crippen LogP contribution in [0.15, 0.2) is 0 Å². The highest BCUT2D eigenvalue weighted by Gasteiger charge is 2.22. The van der Waals surface area contributed by atoms with E-state index in [0.717, 1.165) is 12.8 Å². The molecule has 0 heterocycles. The van der Waals surface area contributed by atoms with Crippen LogP contribution in [0.4, 0.5) is 4.79 Å². The second kappa shape index (κ2) is 8.78. The molecule has 0 aliphatic carbocycles. The van der Waals surface area contributed by atoms with Gasteiger partial charge in [-0.1, -0.05) is 19.3 Å². The molecule has 0 aromatic rings. The third-order valence-electron chi connectivity index (χ3n) is 2.19. The maximum absolute atomic E-state index is 11.5. The fraction of sp³-hybridized carbons (Fsp3) is 0.786. The largest absolute Gasteiger partial charge is 0.444 e. The zero-order valence-corrected chi connectivity index (χ0v) is 12.2. The van der Waals surface area contributed by atoms with Crippen molar-refractivity contribution in [2.45, 2.75) is 64.7 Å². The predicted octanol–water partition coefficient (Wildman–Crippen LogP) is 1.43. The van der Waals surface area contributed by atoms with Gasteiger partial charge in [0, 0.05) is 6.42 Å². The standard InChI is InChI=1S/C14H25NO4/c1-5-6-7-8-9-12(17)11(10-16)15-13(18)19-14(2,3)4/h11-12,16-17H,5-7,10H2,1-4H3,(H,15,18)/t11-,12+/m0/s1. The summed E-state index contributed by atoms with van der Waals surface area (Å²) in [5.74, 6) is 5.43. The Bertz CT molecular complexity index is 325. The highest BCUT2D eigenvalue weighted by atomic mass is 16.6. The molecule has 110 valence electrons. The fourth-order valence-corrected chi connectivity index (χ4v) is 1.23. The predicted molar refractivity (Wildman–Crippen MR) is 73.6 cm³/mol. The first-order valence-electron chi connectivity index (χ1n) is 6.57. The van der Waals surface area contributed by atoms with Gasteiger partial charge < -0.3 is 20.3 Å². The smallest absolute Gasteiger partial charge is 0.408 e. The number of rotatable bonds is 5. The van der Waals surface area contributed by atoms with E-state index in [4.69, 9.17) is 9.84 Å². The molecule has 3 N–H and O–H groups in total. The number of nitrogens with one attached hydrogen (secondary N) is 1. The molecule has 0 saturated heterocycles. The van der Waals surface area contributed by atoms with E-state index in [2.05, 4.69) is 24.1 Å². The van der Waals surface area contributed by atoms with Gasteiger partial charge in [-0.2, -0.15) is 0 Å². The number of aliphatic hydroxyl groups excluding tert-OH is 2. The molecular weight excluding hydrogens is 246 g/mol. The first-order chi connectivity index (χ1) is 8.80. The lowest BCUT2D eigenvalue weighted by Gasteiger charge is -2.23. The van der Waals surface area contributed by atoms with Crippen molar-refractivity contribution in [3.63, 3.8) is 0 Å². The van der Waals surface area contributed by atoms with Crippen molar-refractivity contribution in [2.75, 3.05) is 6.61 Å². The summed E-state index contributed by atoms with van der Waals surface area (Å²) in [5.41, 5.74) is -0.623. The maximum atomic E-state index is 11.5. The topological polar surface area (TPSA) is 78.8 Å². The van der Waals surface area contributed by atoms with Crippen LogP contribution in [0.25, 0.3) is 0 Å². The number of aliphatic hydroxyl groups is 2. The van der Waals surface area contributed by atoms with E-state index in [0.29, 0.717) is 6.42 Å². The number of unbranched alkanes of at least 4 members (excludes halogenated alkanes) is 2. The Kier molecular flexibility index (Phi) is 8.21. The summed E-state index contributed by atoms with van der Waals surface area (Å²) < 4.78 is 5.04. The Labute approximate surface area is 115 Å². The van der Waals surface area contributed by atoms with Gasteiger partial charge in [-0.15, -0.1) is 5.92 Å². The molecule has 0 rings (SSSR count). The Morgan fingerprint density at radius 2 is 2.05 bits per heavy atom. The number of carbonyl (C=O) groups is 1. The number of amides is 1. The van der Waals surface area contributed by atoms with Gasteiger partial charge in [-0.05, 0) is 27.2 Å². The van der Waals surface area contributed by atoms with E-state index in [1.54, 1.807) is 20.8 Å². The van der Waals surface area contributed by atoms with Crippen molar-refractivity contribution in [3.05, 3.63) is 0 Å². The zero-order valence-electron chi connectivity index (χ0n) is 12.2. The van der Waals surface area contributed by atoms with Gasteiger partial charge in [0.05, 0.1) is 12.6 Å². The van der Waals surface area contributed by atoms with Crippen molar-refractivity contribution in [2.24, 2.45) is 0 Å². The number of hydrogen-bond acceptors (Lipinski definition) is 4. The molecule has 0 fully saturated rings. The molecule has 0 unspecified atom stereocenters. The SMILES string of the molecule is CCCCC#C[C@@H](O)[C@H](CO)NC(=O)OC(C)(C)C. The maximum Gasteiger partial charge on any atom is 0.408 e. The molecule has 2 atom stereocenters. The number of alkyl carbamates (subject to hydrolysis) is 1. The van der Waals surface area contributed by atoms with E-state index in [9.17, 15) is 9.90 Å². The van der Waals surface area contributed by atoms with Crippen LogP contribution in [0.3, 0.4) is 0 Å². The average molecular weight is 271 g/mol. The molecule has 0 aromatic heterocycles. The Morgan fingerprint density at radius 1 is 1.42 bits per heavy atom. The minimum Gasteiger partial charge on any atom is -0.444 e. The second-order valence-electron chi connectivity index (χ2n) is 5.30. The molecule has 19 heavy (non-hydrogen) atoms. The van der Waals surface area contributed by atoms with Crippen LogP contribution < -0.4 is 5.32 Å². The van der Waals surface area contributed by atoms with Gasteiger partial charge in [0.15, 0.2) is 0 Å². The number of ether oxygens (including phenoxy) is 1. The molecule has 0 bridgehead atoms. The van der Waals surface area contributed by atoms with E-state index < -0.39 is 30.4 Å². The van der Waals surface area contributed by atoms with Crippen molar-refractivity contribution in [1.29, 1.82) is 0 Å². The van der Waals surface area contributed by atoms with Crippen LogP contribution in [0.1, 0.15) is 47.0 Å². The summed E-state index contributed by atoms with van der Waals surface area (Å²) in [5, 5.41) is 21.3. The molecule has 0 saturated carbocycles. The van der Waals surface area contributed by atoms with E-state index in [-0.39, 0.29) is 0 Å². The van der Waals surface area contributed by atoms with Crippen LogP contribution in [0.2, 0.25) is 0 Å². The highest BCUT2D eigenvalue weighted by Crippen LogP contribution is 2.07. The molecule has 5 heteroatoms. The summed E-state index contributed by atoms with van der Waals surface area (Å²) in [6.45, 7) is 6.87. The summed E-state index contributed by atoms with van der Waals surface area (Å²) in [4.78, 5) is 11.5. The van der Waals surface area contributed by atoms with Crippen LogP contribution in [0.5, 0.6) is 0 Å². The minimum absolute atomic E-state index is 0.400. The van der Waals surface area contributed by atoms with Gasteiger partial charge in [0.25, 0.3) is 0 Å². The monoisotopic (exact) mass is 271 g/mol. The molecule has 0 radical (unpaired) electrons. The number of carbonyl (C=O) groups excluding carboxylic acids is 1. The summed E-state index contributed by atoms with van der Waals surface area (Å²) >= 11 is 0. The van der Waals surface area contributed by atoms with E-state index in [1.165, 1.54) is 0 Å². The quantitative estimate of drug-likeness (QED) is 0.522. The molecule has 5 nitrogen and oxygen atoms in total. The van der Waals surface area contributed by atoms with Gasteiger partial charge in [-0.25, -0.2) is 4.79 Å². The summed E-state index contributed by atoms with van der Waals surface area (Å²) in [6.07, 6.45) is 0.904. The van der Waals surface area contributed by atoms with Crippen molar-refractivity contribution in [1.82, 2.24) is 5.32 Å². The lowest BCUT2D eigenvalue weighted by atomic mass is 10.1. The Balaban J connectivity index is 4.31. The molecule has 0 spiro atoms. The lowest BCUT2D eigenvalue weighted by Crippen LogP contribution is -2.47. The van der Waals surface area contributed by atoms with Crippen LogP contribution >= 0.6 is 0 Å². The molecular formula is C14H25NO4. The van der Waals surface area contributed by atoms with Gasteiger partial charge in [0.1, 0.15) is 11.7 Å². The second-order valence-corrected chi connectivity index (χ2v) is 5.30. The first kappa shape index (κ1) is 17.8. The summed E-state index contributed by atoms with van der Waals surface area (Å²) in [6, 6.07) is -0.844. The van der Waals surface area contributed by atoms with Crippen molar-refractivity contribution >= 4 is 6.09 Å². The third kappa shape index (κ3) is 9.34. The van der Waals surface area contributed by atoms with Crippen LogP contribution in [-0.2, 0) is 4.74 Å². The normalized spacial score (nSPS) is 14.0. The van der Waals surface area contributed by atoms with E-state index in [1.807, 2.05) is 0 Å². The Hall–Kier alpha value is -1.25. The molecule has 0 aliphatic rings. The average Bonchev–Trinajstić information content (AvgIpc) is 2.29. The molecule has 0 aliphatic heterocycles. The minimum atomic E-state index is -1.10. The third-order valence-corrected chi connectivity index (χ3v) is 2.19. The molecule has 1 amide bonds. The van der Waals surface area contributed by atoms with Crippen molar-refractivity contribution in [3.8, 4) is 11.8 Å². The van der Waals surface area contributed by atoms with E-state index >= 15 is 0 Å². The molecule has 0 aromatic carbocycles. The van der Waals surface area contributed by atoms with Crippen LogP contribution in [0, 0.1) is 11.8 Å². The first-order valence-corrected chi connectivity index (χ1v) is 6.57. The van der Waals surface area contributed by atoms with Gasteiger partial charge >= 0.3 is 6.09 Å². The number of hydrogen-bond donors (Lipinski definition) is 3. The summed E-state index contributed by atoms with van der Waals surface area (Å²) in [7, 11) is 0. The van der Waals surface area contributed by atoms with Crippen molar-refractivity contribution < 1.29 is 19.7 Å². The lowest BCUT2D eigenvalue weighted by molar-refractivity contribution is 0.0413. The fourth-order valence-electron chi connectivity index (χ4n) is 1.23. The van der Waals surface area contributed by atoms with Crippen LogP contribution in [-0.4, -0.2) is 40.7 Å². The zero-order chi connectivity index (χ0) is 14.9. The Morgan fingerprint density at radius 3 is 2.53 bits per heavy atom.